The van der Waals surface area contributed by atoms with E-state index in [1.165, 1.54) is 16.7 Å². The third kappa shape index (κ3) is 5.95. The van der Waals surface area contributed by atoms with Crippen LogP contribution in [0.25, 0.3) is 6.08 Å². The molecule has 1 saturated heterocycles. The van der Waals surface area contributed by atoms with Crippen molar-refractivity contribution in [3.8, 4) is 5.75 Å². The van der Waals surface area contributed by atoms with Gasteiger partial charge >= 0.3 is 5.97 Å². The summed E-state index contributed by atoms with van der Waals surface area (Å²) in [4.78, 5) is 38.7. The van der Waals surface area contributed by atoms with E-state index >= 15 is 0 Å². The number of ether oxygens (including phenoxy) is 2. The van der Waals surface area contributed by atoms with Gasteiger partial charge in [0.2, 0.25) is 5.91 Å². The fourth-order valence-corrected chi connectivity index (χ4v) is 4.22. The maximum Gasteiger partial charge on any atom is 0.338 e. The minimum absolute atomic E-state index is 0.0819. The van der Waals surface area contributed by atoms with E-state index in [-0.39, 0.29) is 24.8 Å². The molecular formula is C23H22N2O5S2. The van der Waals surface area contributed by atoms with Gasteiger partial charge in [-0.3, -0.25) is 14.5 Å². The van der Waals surface area contributed by atoms with Crippen molar-refractivity contribution in [2.75, 3.05) is 25.6 Å². The van der Waals surface area contributed by atoms with Crippen molar-refractivity contribution < 1.29 is 23.9 Å². The maximum absolute atomic E-state index is 12.7. The van der Waals surface area contributed by atoms with Gasteiger partial charge in [0.25, 0.3) is 5.91 Å². The van der Waals surface area contributed by atoms with E-state index in [2.05, 4.69) is 5.32 Å². The molecule has 2 aromatic rings. The van der Waals surface area contributed by atoms with E-state index in [1.54, 1.807) is 44.4 Å². The number of rotatable bonds is 8. The van der Waals surface area contributed by atoms with Crippen molar-refractivity contribution >= 4 is 57.8 Å². The average Bonchev–Trinajstić information content (AvgIpc) is 3.05. The van der Waals surface area contributed by atoms with Gasteiger partial charge in [-0.2, -0.15) is 0 Å². The first-order chi connectivity index (χ1) is 15.4. The quantitative estimate of drug-likeness (QED) is 0.353. The number of amides is 2. The minimum atomic E-state index is -0.415. The molecule has 0 spiro atoms. The number of anilines is 1. The summed E-state index contributed by atoms with van der Waals surface area (Å²) in [6.07, 6.45) is 1.84. The molecule has 0 radical (unpaired) electrons. The maximum atomic E-state index is 12.7. The Kier molecular flexibility index (Phi) is 8.02. The van der Waals surface area contributed by atoms with Crippen molar-refractivity contribution in [3.05, 3.63) is 64.6 Å². The summed E-state index contributed by atoms with van der Waals surface area (Å²) >= 11 is 6.53. The molecule has 0 atom stereocenters. The van der Waals surface area contributed by atoms with Gasteiger partial charge in [-0.1, -0.05) is 36.1 Å². The topological polar surface area (TPSA) is 84.9 Å². The highest BCUT2D eigenvalue weighted by molar-refractivity contribution is 8.26. The largest absolute Gasteiger partial charge is 0.497 e. The van der Waals surface area contributed by atoms with Gasteiger partial charge < -0.3 is 14.8 Å². The number of nitrogens with one attached hydrogen (secondary N) is 1. The van der Waals surface area contributed by atoms with Crippen LogP contribution >= 0.6 is 24.0 Å². The van der Waals surface area contributed by atoms with Crippen LogP contribution in [0.3, 0.4) is 0 Å². The van der Waals surface area contributed by atoms with Crippen LogP contribution in [0.4, 0.5) is 5.69 Å². The van der Waals surface area contributed by atoms with Crippen LogP contribution in [0.1, 0.15) is 29.3 Å². The van der Waals surface area contributed by atoms with Crippen LogP contribution in [0.5, 0.6) is 5.75 Å². The van der Waals surface area contributed by atoms with Crippen LogP contribution in [0.15, 0.2) is 53.4 Å². The molecule has 1 N–H and O–H groups in total. The number of esters is 1. The van der Waals surface area contributed by atoms with Gasteiger partial charge in [-0.15, -0.1) is 0 Å². The number of carbonyl (C=O) groups is 3. The molecule has 3 rings (SSSR count). The Morgan fingerprint density at radius 2 is 1.94 bits per heavy atom. The second-order valence-electron chi connectivity index (χ2n) is 6.71. The third-order valence-corrected chi connectivity index (χ3v) is 5.89. The van der Waals surface area contributed by atoms with Crippen molar-refractivity contribution in [2.24, 2.45) is 0 Å². The van der Waals surface area contributed by atoms with Gasteiger partial charge in [-0.05, 0) is 55.0 Å². The predicted octanol–water partition coefficient (Wildman–Crippen LogP) is 4.10. The van der Waals surface area contributed by atoms with Gasteiger partial charge in [-0.25, -0.2) is 4.79 Å². The zero-order chi connectivity index (χ0) is 23.1. The summed E-state index contributed by atoms with van der Waals surface area (Å²) in [6, 6.07) is 13.8. The van der Waals surface area contributed by atoms with Gasteiger partial charge in [0.15, 0.2) is 0 Å². The van der Waals surface area contributed by atoms with Gasteiger partial charge in [0.05, 0.1) is 24.2 Å². The molecule has 9 heteroatoms. The Morgan fingerprint density at radius 1 is 1.19 bits per heavy atom. The first kappa shape index (κ1) is 23.5. The molecule has 32 heavy (non-hydrogen) atoms. The van der Waals surface area contributed by atoms with Crippen LogP contribution in [0.2, 0.25) is 0 Å². The van der Waals surface area contributed by atoms with E-state index in [0.29, 0.717) is 32.8 Å². The molecule has 1 heterocycles. The normalized spacial score (nSPS) is 14.6. The molecule has 2 aromatic carbocycles. The van der Waals surface area contributed by atoms with E-state index in [4.69, 9.17) is 21.7 Å². The summed E-state index contributed by atoms with van der Waals surface area (Å²) in [6.45, 7) is 2.20. The highest BCUT2D eigenvalue weighted by Crippen LogP contribution is 2.33. The second-order valence-corrected chi connectivity index (χ2v) is 8.38. The summed E-state index contributed by atoms with van der Waals surface area (Å²) in [5, 5.41) is 2.75. The molecule has 1 aliphatic heterocycles. The van der Waals surface area contributed by atoms with Crippen LogP contribution in [0, 0.1) is 0 Å². The molecule has 0 aliphatic carbocycles. The number of hydrogen-bond acceptors (Lipinski definition) is 7. The lowest BCUT2D eigenvalue weighted by atomic mass is 10.2. The van der Waals surface area contributed by atoms with Crippen molar-refractivity contribution in [2.45, 2.75) is 13.3 Å². The Hall–Kier alpha value is -3.17. The molecule has 0 unspecified atom stereocenters. The van der Waals surface area contributed by atoms with Crippen molar-refractivity contribution in [3.63, 3.8) is 0 Å². The Bertz CT molecular complexity index is 1070. The summed E-state index contributed by atoms with van der Waals surface area (Å²) in [5.41, 5.74) is 1.78. The molecule has 0 bridgehead atoms. The fraction of sp³-hybridized carbons (Fsp3) is 0.217. The number of benzene rings is 2. The fourth-order valence-electron chi connectivity index (χ4n) is 2.92. The smallest absolute Gasteiger partial charge is 0.338 e. The van der Waals surface area contributed by atoms with E-state index in [0.717, 1.165) is 5.56 Å². The van der Waals surface area contributed by atoms with E-state index in [9.17, 15) is 14.4 Å². The minimum Gasteiger partial charge on any atom is -0.497 e. The van der Waals surface area contributed by atoms with E-state index < -0.39 is 5.97 Å². The Morgan fingerprint density at radius 3 is 2.62 bits per heavy atom. The number of hydrogen-bond donors (Lipinski definition) is 1. The zero-order valence-electron chi connectivity index (χ0n) is 17.6. The lowest BCUT2D eigenvalue weighted by Crippen LogP contribution is -2.31. The Labute approximate surface area is 195 Å². The summed E-state index contributed by atoms with van der Waals surface area (Å²) in [5.74, 6) is -0.211. The molecule has 7 nitrogen and oxygen atoms in total. The van der Waals surface area contributed by atoms with Crippen molar-refractivity contribution in [1.29, 1.82) is 0 Å². The highest BCUT2D eigenvalue weighted by Gasteiger charge is 2.32. The standard InChI is InChI=1S/C23H22N2O5S2/c1-3-30-22(28)16-7-9-17(10-8-16)24-20(26)11-12-25-21(27)19(32-23(25)31)14-15-5-4-6-18(13-15)29-2/h4-10,13-14H,3,11-12H2,1-2H3,(H,24,26). The lowest BCUT2D eigenvalue weighted by molar-refractivity contribution is -0.122. The lowest BCUT2D eigenvalue weighted by Gasteiger charge is -2.14. The van der Waals surface area contributed by atoms with Crippen LogP contribution in [-0.2, 0) is 14.3 Å². The van der Waals surface area contributed by atoms with Gasteiger partial charge in [0.1, 0.15) is 10.1 Å². The molecule has 0 saturated carbocycles. The predicted molar refractivity (Wildman–Crippen MR) is 129 cm³/mol. The van der Waals surface area contributed by atoms with E-state index in [1.807, 2.05) is 24.3 Å². The molecule has 1 fully saturated rings. The highest BCUT2D eigenvalue weighted by atomic mass is 32.2. The molecule has 166 valence electrons. The summed E-state index contributed by atoms with van der Waals surface area (Å²) in [7, 11) is 1.58. The third-order valence-electron chi connectivity index (χ3n) is 4.51. The summed E-state index contributed by atoms with van der Waals surface area (Å²) < 4.78 is 10.6. The van der Waals surface area contributed by atoms with Gasteiger partial charge in [0, 0.05) is 18.7 Å². The molecule has 1 aliphatic rings. The van der Waals surface area contributed by atoms with Crippen molar-refractivity contribution in [1.82, 2.24) is 4.90 Å². The SMILES string of the molecule is CCOC(=O)c1ccc(NC(=O)CCN2C(=O)C(=Cc3cccc(OC)c3)SC2=S)cc1. The Balaban J connectivity index is 1.56. The average molecular weight is 471 g/mol. The molecule has 0 aromatic heterocycles. The number of carbonyl (C=O) groups excluding carboxylic acids is 3. The number of thiocarbonyl (C=S) groups is 1. The molecule has 2 amide bonds. The number of thioether (sulfide) groups is 1. The second kappa shape index (κ2) is 10.9. The number of nitrogens with zero attached hydrogens (tertiary/aromatic N) is 1. The first-order valence-corrected chi connectivity index (χ1v) is 11.1. The van der Waals surface area contributed by atoms with Crippen LogP contribution in [-0.4, -0.2) is 47.3 Å². The number of methoxy groups -OCH3 is 1. The first-order valence-electron chi connectivity index (χ1n) is 9.87. The van der Waals surface area contributed by atoms with Crippen LogP contribution < -0.4 is 10.1 Å². The zero-order valence-corrected chi connectivity index (χ0v) is 19.3. The monoisotopic (exact) mass is 470 g/mol. The molecular weight excluding hydrogens is 448 g/mol.